The van der Waals surface area contributed by atoms with E-state index in [0.29, 0.717) is 27.2 Å². The third kappa shape index (κ3) is 3.80. The van der Waals surface area contributed by atoms with E-state index >= 15 is 0 Å². The third-order valence-electron chi connectivity index (χ3n) is 3.39. The van der Waals surface area contributed by atoms with Crippen LogP contribution in [0.15, 0.2) is 46.9 Å². The van der Waals surface area contributed by atoms with Crippen LogP contribution >= 0.6 is 27.3 Å². The molecule has 8 heteroatoms. The minimum Gasteiger partial charge on any atom is -0.493 e. The lowest BCUT2D eigenvalue weighted by atomic mass is 10.2. The second-order valence-corrected chi connectivity index (χ2v) is 6.75. The minimum atomic E-state index is -0.248. The molecule has 1 heterocycles. The molecule has 3 rings (SSSR count). The number of ether oxygens (including phenoxy) is 2. The van der Waals surface area contributed by atoms with Crippen molar-refractivity contribution in [1.29, 1.82) is 0 Å². The number of anilines is 1. The molecular formula is C17H14BrN3O3S. The number of rotatable bonds is 5. The van der Waals surface area contributed by atoms with Gasteiger partial charge in [-0.2, -0.15) is 0 Å². The Labute approximate surface area is 156 Å². The maximum atomic E-state index is 12.3. The van der Waals surface area contributed by atoms with Gasteiger partial charge in [-0.15, -0.1) is 10.2 Å². The smallest absolute Gasteiger partial charge is 0.258 e. The molecule has 1 N–H and O–H groups in total. The SMILES string of the molecule is COc1ccc(-c2nnc(NC(=O)c3ccccc3Br)s2)cc1OC. The Hall–Kier alpha value is -2.45. The predicted octanol–water partition coefficient (Wildman–Crippen LogP) is 4.24. The van der Waals surface area contributed by atoms with E-state index in [9.17, 15) is 4.79 Å². The van der Waals surface area contributed by atoms with Crippen molar-refractivity contribution in [1.82, 2.24) is 10.2 Å². The molecule has 6 nitrogen and oxygen atoms in total. The lowest BCUT2D eigenvalue weighted by Gasteiger charge is -2.07. The monoisotopic (exact) mass is 419 g/mol. The molecule has 1 amide bonds. The van der Waals surface area contributed by atoms with Crippen LogP contribution in [0.2, 0.25) is 0 Å². The number of nitrogens with zero attached hydrogens (tertiary/aromatic N) is 2. The van der Waals surface area contributed by atoms with Crippen LogP contribution in [0, 0.1) is 0 Å². The molecule has 1 aromatic heterocycles. The molecule has 0 aliphatic rings. The number of nitrogens with one attached hydrogen (secondary N) is 1. The van der Waals surface area contributed by atoms with Gasteiger partial charge in [0.25, 0.3) is 5.91 Å². The topological polar surface area (TPSA) is 73.3 Å². The number of hydrogen-bond acceptors (Lipinski definition) is 6. The lowest BCUT2D eigenvalue weighted by molar-refractivity contribution is 0.102. The Morgan fingerprint density at radius 1 is 1.08 bits per heavy atom. The van der Waals surface area contributed by atoms with Crippen LogP contribution in [0.5, 0.6) is 11.5 Å². The number of carbonyl (C=O) groups excluding carboxylic acids is 1. The van der Waals surface area contributed by atoms with Crippen LogP contribution in [-0.2, 0) is 0 Å². The van der Waals surface area contributed by atoms with Crippen LogP contribution < -0.4 is 14.8 Å². The molecule has 25 heavy (non-hydrogen) atoms. The van der Waals surface area contributed by atoms with Gasteiger partial charge >= 0.3 is 0 Å². The summed E-state index contributed by atoms with van der Waals surface area (Å²) in [5.41, 5.74) is 1.36. The van der Waals surface area contributed by atoms with E-state index in [4.69, 9.17) is 9.47 Å². The van der Waals surface area contributed by atoms with Gasteiger partial charge in [0.2, 0.25) is 5.13 Å². The van der Waals surface area contributed by atoms with Gasteiger partial charge in [0.05, 0.1) is 19.8 Å². The molecule has 0 radical (unpaired) electrons. The van der Waals surface area contributed by atoms with Crippen molar-refractivity contribution in [2.24, 2.45) is 0 Å². The number of benzene rings is 2. The summed E-state index contributed by atoms with van der Waals surface area (Å²) >= 11 is 4.64. The summed E-state index contributed by atoms with van der Waals surface area (Å²) in [6.07, 6.45) is 0. The van der Waals surface area contributed by atoms with Crippen LogP contribution in [0.1, 0.15) is 10.4 Å². The summed E-state index contributed by atoms with van der Waals surface area (Å²) in [6.45, 7) is 0. The van der Waals surface area contributed by atoms with Crippen molar-refractivity contribution in [3.63, 3.8) is 0 Å². The molecule has 0 saturated heterocycles. The standard InChI is InChI=1S/C17H14BrN3O3S/c1-23-13-8-7-10(9-14(13)24-2)16-20-21-17(25-16)19-15(22)11-5-3-4-6-12(11)18/h3-9H,1-2H3,(H,19,21,22). The molecule has 0 fully saturated rings. The van der Waals surface area contributed by atoms with E-state index in [1.165, 1.54) is 11.3 Å². The molecule has 0 aliphatic carbocycles. The van der Waals surface area contributed by atoms with E-state index in [-0.39, 0.29) is 5.91 Å². The fraction of sp³-hybridized carbons (Fsp3) is 0.118. The third-order valence-corrected chi connectivity index (χ3v) is 4.97. The fourth-order valence-corrected chi connectivity index (χ4v) is 3.37. The maximum Gasteiger partial charge on any atom is 0.258 e. The van der Waals surface area contributed by atoms with Gasteiger partial charge in [0, 0.05) is 10.0 Å². The summed E-state index contributed by atoms with van der Waals surface area (Å²) in [7, 11) is 3.16. The summed E-state index contributed by atoms with van der Waals surface area (Å²) in [5.74, 6) is 0.995. The first-order valence-electron chi connectivity index (χ1n) is 7.24. The number of aromatic nitrogens is 2. The van der Waals surface area contributed by atoms with Crippen LogP contribution in [-0.4, -0.2) is 30.3 Å². The quantitative estimate of drug-likeness (QED) is 0.669. The van der Waals surface area contributed by atoms with Gasteiger partial charge < -0.3 is 9.47 Å². The molecule has 0 atom stereocenters. The highest BCUT2D eigenvalue weighted by Gasteiger charge is 2.14. The number of hydrogen-bond donors (Lipinski definition) is 1. The average Bonchev–Trinajstić information content (AvgIpc) is 3.09. The Kier molecular flexibility index (Phi) is 5.30. The molecule has 0 bridgehead atoms. The Bertz CT molecular complexity index is 914. The number of carbonyl (C=O) groups is 1. The fourth-order valence-electron chi connectivity index (χ4n) is 2.17. The van der Waals surface area contributed by atoms with E-state index in [1.807, 2.05) is 24.3 Å². The van der Waals surface area contributed by atoms with Crippen molar-refractivity contribution >= 4 is 38.3 Å². The van der Waals surface area contributed by atoms with Crippen LogP contribution in [0.4, 0.5) is 5.13 Å². The van der Waals surface area contributed by atoms with Gasteiger partial charge in [0.15, 0.2) is 11.5 Å². The van der Waals surface area contributed by atoms with Crippen molar-refractivity contribution in [3.8, 4) is 22.1 Å². The highest BCUT2D eigenvalue weighted by Crippen LogP contribution is 2.34. The number of methoxy groups -OCH3 is 2. The first-order chi connectivity index (χ1) is 12.1. The molecular weight excluding hydrogens is 406 g/mol. The predicted molar refractivity (Wildman–Crippen MR) is 101 cm³/mol. The Balaban J connectivity index is 1.81. The van der Waals surface area contributed by atoms with Crippen molar-refractivity contribution in [2.75, 3.05) is 19.5 Å². The number of amides is 1. The average molecular weight is 420 g/mol. The molecule has 0 spiro atoms. The van der Waals surface area contributed by atoms with Crippen molar-refractivity contribution in [3.05, 3.63) is 52.5 Å². The zero-order chi connectivity index (χ0) is 17.8. The second-order valence-electron chi connectivity index (χ2n) is 4.92. The zero-order valence-corrected chi connectivity index (χ0v) is 15.8. The Morgan fingerprint density at radius 2 is 1.84 bits per heavy atom. The molecule has 3 aromatic rings. The van der Waals surface area contributed by atoms with Crippen LogP contribution in [0.3, 0.4) is 0 Å². The summed E-state index contributed by atoms with van der Waals surface area (Å²) < 4.78 is 11.2. The second kappa shape index (κ2) is 7.62. The van der Waals surface area contributed by atoms with Gasteiger partial charge in [0.1, 0.15) is 5.01 Å². The van der Waals surface area contributed by atoms with Gasteiger partial charge in [-0.3, -0.25) is 10.1 Å². The van der Waals surface area contributed by atoms with Gasteiger partial charge in [-0.05, 0) is 46.3 Å². The molecule has 0 aliphatic heterocycles. The highest BCUT2D eigenvalue weighted by molar-refractivity contribution is 9.10. The molecule has 0 unspecified atom stereocenters. The molecule has 2 aromatic carbocycles. The zero-order valence-electron chi connectivity index (χ0n) is 13.4. The van der Waals surface area contributed by atoms with Crippen molar-refractivity contribution < 1.29 is 14.3 Å². The summed E-state index contributed by atoms with van der Waals surface area (Å²) in [6, 6.07) is 12.7. The minimum absolute atomic E-state index is 0.248. The lowest BCUT2D eigenvalue weighted by Crippen LogP contribution is -2.12. The van der Waals surface area contributed by atoms with Crippen molar-refractivity contribution in [2.45, 2.75) is 0 Å². The normalized spacial score (nSPS) is 10.4. The largest absolute Gasteiger partial charge is 0.493 e. The van der Waals surface area contributed by atoms with Gasteiger partial charge in [-0.25, -0.2) is 0 Å². The number of halogens is 1. The summed E-state index contributed by atoms with van der Waals surface area (Å²) in [4.78, 5) is 12.3. The van der Waals surface area contributed by atoms with Gasteiger partial charge in [-0.1, -0.05) is 23.5 Å². The molecule has 0 saturated carbocycles. The Morgan fingerprint density at radius 3 is 2.56 bits per heavy atom. The van der Waals surface area contributed by atoms with E-state index in [1.54, 1.807) is 32.4 Å². The molecule has 128 valence electrons. The van der Waals surface area contributed by atoms with E-state index in [0.717, 1.165) is 10.0 Å². The van der Waals surface area contributed by atoms with Crippen LogP contribution in [0.25, 0.3) is 10.6 Å². The first kappa shape index (κ1) is 17.4. The summed E-state index contributed by atoms with van der Waals surface area (Å²) in [5, 5.41) is 12.0. The highest BCUT2D eigenvalue weighted by atomic mass is 79.9. The van der Waals surface area contributed by atoms with E-state index in [2.05, 4.69) is 31.4 Å². The van der Waals surface area contributed by atoms with E-state index < -0.39 is 0 Å². The first-order valence-corrected chi connectivity index (χ1v) is 8.85. The maximum absolute atomic E-state index is 12.3.